The highest BCUT2D eigenvalue weighted by Crippen LogP contribution is 2.39. The molecule has 1 heterocycles. The zero-order valence-corrected chi connectivity index (χ0v) is 16.5. The minimum absolute atomic E-state index is 0.0342. The van der Waals surface area contributed by atoms with E-state index in [-0.39, 0.29) is 23.7 Å². The van der Waals surface area contributed by atoms with E-state index in [1.807, 2.05) is 32.9 Å². The summed E-state index contributed by atoms with van der Waals surface area (Å²) in [7, 11) is 1.56. The lowest BCUT2D eigenvalue weighted by Gasteiger charge is -2.18. The molecule has 28 heavy (non-hydrogen) atoms. The monoisotopic (exact) mass is 384 g/mol. The van der Waals surface area contributed by atoms with Crippen molar-refractivity contribution in [3.63, 3.8) is 0 Å². The van der Waals surface area contributed by atoms with E-state index in [1.54, 1.807) is 19.2 Å². The van der Waals surface area contributed by atoms with E-state index in [0.717, 1.165) is 5.56 Å². The Morgan fingerprint density at radius 3 is 2.46 bits per heavy atom. The van der Waals surface area contributed by atoms with Crippen molar-refractivity contribution in [2.24, 2.45) is 5.73 Å². The molecular weight excluding hydrogens is 359 g/mol. The lowest BCUT2D eigenvalue weighted by Crippen LogP contribution is -2.18. The summed E-state index contributed by atoms with van der Waals surface area (Å²) in [5.74, 6) is 0.488. The average Bonchev–Trinajstić information content (AvgIpc) is 3.04. The van der Waals surface area contributed by atoms with Crippen molar-refractivity contribution in [3.8, 4) is 17.1 Å². The van der Waals surface area contributed by atoms with Gasteiger partial charge in [-0.3, -0.25) is 4.79 Å². The second-order valence-corrected chi connectivity index (χ2v) is 7.08. The molecule has 1 amide bonds. The predicted octanol–water partition coefficient (Wildman–Crippen LogP) is 4.45. The number of hydrogen-bond donors (Lipinski definition) is 2. The maximum Gasteiger partial charge on any atom is 0.255 e. The molecule has 0 saturated carbocycles. The molecule has 6 heteroatoms. The first-order valence-corrected chi connectivity index (χ1v) is 9.30. The van der Waals surface area contributed by atoms with Crippen LogP contribution in [-0.2, 0) is 0 Å². The summed E-state index contributed by atoms with van der Waals surface area (Å²) >= 11 is 0. The molecule has 1 unspecified atom stereocenters. The Morgan fingerprint density at radius 2 is 1.89 bits per heavy atom. The first-order valence-electron chi connectivity index (χ1n) is 9.30. The summed E-state index contributed by atoms with van der Waals surface area (Å²) in [6, 6.07) is 9.57. The Morgan fingerprint density at radius 1 is 1.21 bits per heavy atom. The van der Waals surface area contributed by atoms with E-state index in [2.05, 4.69) is 5.32 Å². The fourth-order valence-electron chi connectivity index (χ4n) is 3.16. The van der Waals surface area contributed by atoms with Gasteiger partial charge in [-0.2, -0.15) is 0 Å². The second-order valence-electron chi connectivity index (χ2n) is 7.08. The van der Waals surface area contributed by atoms with Crippen LogP contribution in [0.3, 0.4) is 0 Å². The molecule has 0 radical (unpaired) electrons. The number of carbonyl (C=O) groups excluding carboxylic acids is 1. The molecule has 0 saturated heterocycles. The van der Waals surface area contributed by atoms with Gasteiger partial charge in [0.1, 0.15) is 22.9 Å². The van der Waals surface area contributed by atoms with Gasteiger partial charge >= 0.3 is 0 Å². The molecule has 0 bridgehead atoms. The number of nitrogens with one attached hydrogen (secondary N) is 1. The standard InChI is InChI=1S/C22H25FN2O3/c1-12(2)27-18-10-17-19(9-16(18)13(3)11-24)28-21(20(17)22(26)25-4)14-5-7-15(23)8-6-14/h5-10,12-13H,11,24H2,1-4H3,(H,25,26). The van der Waals surface area contributed by atoms with Crippen LogP contribution in [0.5, 0.6) is 5.75 Å². The number of hydrogen-bond acceptors (Lipinski definition) is 4. The third-order valence-electron chi connectivity index (χ3n) is 4.63. The molecule has 1 atom stereocenters. The number of rotatable bonds is 6. The number of benzene rings is 2. The number of furan rings is 1. The maximum absolute atomic E-state index is 13.3. The van der Waals surface area contributed by atoms with Crippen molar-refractivity contribution in [3.05, 3.63) is 53.3 Å². The molecule has 3 rings (SSSR count). The van der Waals surface area contributed by atoms with Crippen LogP contribution in [0.4, 0.5) is 4.39 Å². The van der Waals surface area contributed by atoms with Gasteiger partial charge in [-0.25, -0.2) is 4.39 Å². The number of ether oxygens (including phenoxy) is 1. The number of nitrogens with two attached hydrogens (primary N) is 1. The Hall–Kier alpha value is -2.86. The SMILES string of the molecule is CNC(=O)c1c(-c2ccc(F)cc2)oc2cc(C(C)CN)c(OC(C)C)cc12. The van der Waals surface area contributed by atoms with E-state index in [9.17, 15) is 9.18 Å². The molecular formula is C22H25FN2O3. The molecule has 1 aromatic heterocycles. The van der Waals surface area contributed by atoms with Crippen molar-refractivity contribution in [1.29, 1.82) is 0 Å². The fourth-order valence-corrected chi connectivity index (χ4v) is 3.16. The highest BCUT2D eigenvalue weighted by molar-refractivity contribution is 6.11. The summed E-state index contributed by atoms with van der Waals surface area (Å²) in [5.41, 5.74) is 8.37. The maximum atomic E-state index is 13.3. The van der Waals surface area contributed by atoms with Crippen LogP contribution in [0.2, 0.25) is 0 Å². The topological polar surface area (TPSA) is 77.5 Å². The van der Waals surface area contributed by atoms with Crippen LogP contribution in [0, 0.1) is 5.82 Å². The van der Waals surface area contributed by atoms with Gasteiger partial charge in [-0.05, 0) is 62.7 Å². The van der Waals surface area contributed by atoms with Gasteiger partial charge in [-0.15, -0.1) is 0 Å². The van der Waals surface area contributed by atoms with Crippen LogP contribution in [0.25, 0.3) is 22.3 Å². The van der Waals surface area contributed by atoms with Crippen molar-refractivity contribution in [2.75, 3.05) is 13.6 Å². The summed E-state index contributed by atoms with van der Waals surface area (Å²) in [4.78, 5) is 12.7. The number of fused-ring (bicyclic) bond motifs is 1. The molecule has 0 aliphatic rings. The Bertz CT molecular complexity index is 993. The zero-order valence-electron chi connectivity index (χ0n) is 16.5. The quantitative estimate of drug-likeness (QED) is 0.658. The van der Waals surface area contributed by atoms with Gasteiger partial charge in [0.25, 0.3) is 5.91 Å². The van der Waals surface area contributed by atoms with Crippen molar-refractivity contribution in [2.45, 2.75) is 32.8 Å². The largest absolute Gasteiger partial charge is 0.491 e. The molecule has 5 nitrogen and oxygen atoms in total. The van der Waals surface area contributed by atoms with E-state index in [0.29, 0.717) is 40.2 Å². The highest BCUT2D eigenvalue weighted by atomic mass is 19.1. The van der Waals surface area contributed by atoms with Gasteiger partial charge in [-0.1, -0.05) is 6.92 Å². The highest BCUT2D eigenvalue weighted by Gasteiger charge is 2.24. The molecule has 3 N–H and O–H groups in total. The van der Waals surface area contributed by atoms with E-state index >= 15 is 0 Å². The van der Waals surface area contributed by atoms with Crippen LogP contribution in [0.15, 0.2) is 40.8 Å². The molecule has 0 fully saturated rings. The minimum Gasteiger partial charge on any atom is -0.491 e. The first-order chi connectivity index (χ1) is 13.3. The number of halogens is 1. The van der Waals surface area contributed by atoms with Gasteiger partial charge in [0.05, 0.1) is 11.7 Å². The van der Waals surface area contributed by atoms with Crippen LogP contribution in [-0.4, -0.2) is 25.6 Å². The van der Waals surface area contributed by atoms with E-state index < -0.39 is 0 Å². The normalized spacial score (nSPS) is 12.4. The number of amides is 1. The molecule has 2 aromatic carbocycles. The van der Waals surface area contributed by atoms with Crippen LogP contribution >= 0.6 is 0 Å². The van der Waals surface area contributed by atoms with Crippen molar-refractivity contribution in [1.82, 2.24) is 5.32 Å². The van der Waals surface area contributed by atoms with Gasteiger partial charge < -0.3 is 20.2 Å². The van der Waals surface area contributed by atoms with Crippen molar-refractivity contribution < 1.29 is 18.3 Å². The van der Waals surface area contributed by atoms with Crippen LogP contribution < -0.4 is 15.8 Å². The molecule has 148 valence electrons. The lowest BCUT2D eigenvalue weighted by atomic mass is 9.97. The van der Waals surface area contributed by atoms with Gasteiger partial charge in [0.15, 0.2) is 0 Å². The molecule has 3 aromatic rings. The zero-order chi connectivity index (χ0) is 20.4. The fraction of sp³-hybridized carbons (Fsp3) is 0.318. The van der Waals surface area contributed by atoms with Gasteiger partial charge in [0.2, 0.25) is 0 Å². The first kappa shape index (κ1) is 19.9. The van der Waals surface area contributed by atoms with E-state index in [4.69, 9.17) is 14.9 Å². The Labute approximate surface area is 163 Å². The third kappa shape index (κ3) is 3.73. The van der Waals surface area contributed by atoms with Crippen molar-refractivity contribution >= 4 is 16.9 Å². The van der Waals surface area contributed by atoms with Crippen LogP contribution in [0.1, 0.15) is 42.6 Å². The second kappa shape index (κ2) is 8.02. The number of carbonyl (C=O) groups is 1. The van der Waals surface area contributed by atoms with E-state index in [1.165, 1.54) is 12.1 Å². The Kier molecular flexibility index (Phi) is 5.70. The summed E-state index contributed by atoms with van der Waals surface area (Å²) in [6.45, 7) is 6.35. The summed E-state index contributed by atoms with van der Waals surface area (Å²) < 4.78 is 25.4. The third-order valence-corrected chi connectivity index (χ3v) is 4.63. The molecule has 0 spiro atoms. The summed E-state index contributed by atoms with van der Waals surface area (Å²) in [5, 5.41) is 3.30. The summed E-state index contributed by atoms with van der Waals surface area (Å²) in [6.07, 6.45) is -0.0342. The Balaban J connectivity index is 2.30. The predicted molar refractivity (Wildman–Crippen MR) is 108 cm³/mol. The smallest absolute Gasteiger partial charge is 0.255 e. The average molecular weight is 384 g/mol. The molecule has 0 aliphatic carbocycles. The lowest BCUT2D eigenvalue weighted by molar-refractivity contribution is 0.0964. The van der Waals surface area contributed by atoms with Gasteiger partial charge in [0, 0.05) is 23.6 Å². The minimum atomic E-state index is -0.354. The molecule has 0 aliphatic heterocycles.